The molecule has 106 valence electrons. The SMILES string of the molecule is COC(=O)C1CC(O)CN1Cc1c(Cl)c(C)nn1C. The molecule has 1 aromatic rings. The van der Waals surface area contributed by atoms with Gasteiger partial charge in [-0.2, -0.15) is 5.10 Å². The lowest BCUT2D eigenvalue weighted by Crippen LogP contribution is -2.36. The first-order valence-electron chi connectivity index (χ1n) is 6.12. The van der Waals surface area contributed by atoms with E-state index in [1.54, 1.807) is 4.68 Å². The van der Waals surface area contributed by atoms with Gasteiger partial charge in [0, 0.05) is 26.6 Å². The molecular formula is C12H18ClN3O3. The van der Waals surface area contributed by atoms with Crippen LogP contribution < -0.4 is 0 Å². The number of rotatable bonds is 3. The van der Waals surface area contributed by atoms with E-state index in [1.165, 1.54) is 7.11 Å². The summed E-state index contributed by atoms with van der Waals surface area (Å²) in [7, 11) is 3.17. The Morgan fingerprint density at radius 2 is 2.32 bits per heavy atom. The fourth-order valence-corrected chi connectivity index (χ4v) is 2.70. The van der Waals surface area contributed by atoms with Crippen molar-refractivity contribution < 1.29 is 14.6 Å². The van der Waals surface area contributed by atoms with Crippen molar-refractivity contribution in [1.29, 1.82) is 0 Å². The summed E-state index contributed by atoms with van der Waals surface area (Å²) in [5.74, 6) is -0.327. The molecular weight excluding hydrogens is 270 g/mol. The molecule has 0 spiro atoms. The Hall–Kier alpha value is -1.11. The number of hydrogen-bond acceptors (Lipinski definition) is 5. The number of ether oxygens (including phenoxy) is 1. The third-order valence-electron chi connectivity index (χ3n) is 3.47. The summed E-state index contributed by atoms with van der Waals surface area (Å²) in [5.41, 5.74) is 1.59. The Bertz CT molecular complexity index is 489. The first-order chi connectivity index (χ1) is 8.93. The molecule has 1 saturated heterocycles. The van der Waals surface area contributed by atoms with Crippen LogP contribution in [0.25, 0.3) is 0 Å². The lowest BCUT2D eigenvalue weighted by Gasteiger charge is -2.22. The van der Waals surface area contributed by atoms with Crippen LogP contribution in [0.3, 0.4) is 0 Å². The predicted molar refractivity (Wildman–Crippen MR) is 69.8 cm³/mol. The van der Waals surface area contributed by atoms with Crippen LogP contribution >= 0.6 is 11.6 Å². The average Bonchev–Trinajstić information content (AvgIpc) is 2.84. The van der Waals surface area contributed by atoms with Gasteiger partial charge in [0.05, 0.1) is 29.6 Å². The van der Waals surface area contributed by atoms with Crippen LogP contribution in [0.2, 0.25) is 5.02 Å². The van der Waals surface area contributed by atoms with E-state index < -0.39 is 12.1 Å². The Labute approximate surface area is 116 Å². The fraction of sp³-hybridized carbons (Fsp3) is 0.667. The van der Waals surface area contributed by atoms with Gasteiger partial charge in [0.1, 0.15) is 6.04 Å². The summed E-state index contributed by atoms with van der Waals surface area (Å²) in [4.78, 5) is 13.6. The van der Waals surface area contributed by atoms with Crippen molar-refractivity contribution in [3.05, 3.63) is 16.4 Å². The minimum absolute atomic E-state index is 0.327. The summed E-state index contributed by atoms with van der Waals surface area (Å²) in [6.45, 7) is 2.73. The normalized spacial score (nSPS) is 23.8. The second-order valence-electron chi connectivity index (χ2n) is 4.83. The molecule has 7 heteroatoms. The standard InChI is InChI=1S/C12H18ClN3O3/c1-7-11(13)10(15(2)14-7)6-16-5-8(17)4-9(16)12(18)19-3/h8-9,17H,4-6H2,1-3H3. The number of esters is 1. The van der Waals surface area contributed by atoms with Gasteiger partial charge >= 0.3 is 5.97 Å². The minimum atomic E-state index is -0.516. The molecule has 19 heavy (non-hydrogen) atoms. The van der Waals surface area contributed by atoms with E-state index in [0.717, 1.165) is 11.4 Å². The van der Waals surface area contributed by atoms with Crippen LogP contribution in [0.5, 0.6) is 0 Å². The number of aromatic nitrogens is 2. The number of aliphatic hydroxyl groups excluding tert-OH is 1. The van der Waals surface area contributed by atoms with Crippen LogP contribution in [0.1, 0.15) is 17.8 Å². The van der Waals surface area contributed by atoms with Crippen LogP contribution in [0.4, 0.5) is 0 Å². The molecule has 0 amide bonds. The van der Waals surface area contributed by atoms with E-state index in [1.807, 2.05) is 18.9 Å². The highest BCUT2D eigenvalue weighted by molar-refractivity contribution is 6.31. The van der Waals surface area contributed by atoms with Crippen molar-refractivity contribution in [2.24, 2.45) is 7.05 Å². The van der Waals surface area contributed by atoms with Gasteiger partial charge in [0.25, 0.3) is 0 Å². The number of carbonyl (C=O) groups is 1. The molecule has 1 N–H and O–H groups in total. The number of likely N-dealkylation sites (tertiary alicyclic amines) is 1. The van der Waals surface area contributed by atoms with Crippen molar-refractivity contribution in [3.8, 4) is 0 Å². The van der Waals surface area contributed by atoms with E-state index in [4.69, 9.17) is 16.3 Å². The fourth-order valence-electron chi connectivity index (χ4n) is 2.48. The number of halogens is 1. The maximum absolute atomic E-state index is 11.7. The number of nitrogens with zero attached hydrogens (tertiary/aromatic N) is 3. The maximum atomic E-state index is 11.7. The van der Waals surface area contributed by atoms with Crippen molar-refractivity contribution >= 4 is 17.6 Å². The molecule has 6 nitrogen and oxygen atoms in total. The molecule has 2 unspecified atom stereocenters. The van der Waals surface area contributed by atoms with Gasteiger partial charge in [0.2, 0.25) is 0 Å². The number of aliphatic hydroxyl groups is 1. The largest absolute Gasteiger partial charge is 0.468 e. The van der Waals surface area contributed by atoms with Gasteiger partial charge in [-0.25, -0.2) is 0 Å². The van der Waals surface area contributed by atoms with Crippen LogP contribution in [0, 0.1) is 6.92 Å². The summed E-state index contributed by atoms with van der Waals surface area (Å²) < 4.78 is 6.47. The highest BCUT2D eigenvalue weighted by Gasteiger charge is 2.37. The molecule has 0 aliphatic carbocycles. The zero-order valence-electron chi connectivity index (χ0n) is 11.3. The van der Waals surface area contributed by atoms with Gasteiger partial charge in [0.15, 0.2) is 0 Å². The lowest BCUT2D eigenvalue weighted by atomic mass is 10.2. The Morgan fingerprint density at radius 3 is 2.84 bits per heavy atom. The summed E-state index contributed by atoms with van der Waals surface area (Å²) in [6, 6.07) is -0.425. The molecule has 2 rings (SSSR count). The second kappa shape index (κ2) is 5.48. The minimum Gasteiger partial charge on any atom is -0.468 e. The molecule has 0 saturated carbocycles. The van der Waals surface area contributed by atoms with Crippen LogP contribution in [-0.4, -0.2) is 51.6 Å². The zero-order chi connectivity index (χ0) is 14.2. The molecule has 1 aliphatic rings. The highest BCUT2D eigenvalue weighted by atomic mass is 35.5. The molecule has 0 aromatic carbocycles. The van der Waals surface area contributed by atoms with Crippen molar-refractivity contribution in [1.82, 2.24) is 14.7 Å². The number of hydrogen-bond donors (Lipinski definition) is 1. The number of methoxy groups -OCH3 is 1. The number of carbonyl (C=O) groups excluding carboxylic acids is 1. The smallest absolute Gasteiger partial charge is 0.323 e. The Kier molecular flexibility index (Phi) is 4.13. The van der Waals surface area contributed by atoms with E-state index in [2.05, 4.69) is 5.10 Å². The first-order valence-corrected chi connectivity index (χ1v) is 6.49. The number of β-amino-alcohol motifs (C(OH)–C–C–N with tert-alkyl or cyclic N) is 1. The van der Waals surface area contributed by atoms with Gasteiger partial charge in [-0.05, 0) is 6.92 Å². The molecule has 1 aromatic heterocycles. The van der Waals surface area contributed by atoms with E-state index in [9.17, 15) is 9.90 Å². The summed E-state index contributed by atoms with van der Waals surface area (Å²) in [5, 5.41) is 14.6. The van der Waals surface area contributed by atoms with Crippen molar-refractivity contribution in [2.45, 2.75) is 32.0 Å². The second-order valence-corrected chi connectivity index (χ2v) is 5.21. The van der Waals surface area contributed by atoms with Crippen LogP contribution in [-0.2, 0) is 23.1 Å². The van der Waals surface area contributed by atoms with Crippen molar-refractivity contribution in [3.63, 3.8) is 0 Å². The van der Waals surface area contributed by atoms with E-state index >= 15 is 0 Å². The molecule has 1 aliphatic heterocycles. The molecule has 0 radical (unpaired) electrons. The summed E-state index contributed by atoms with van der Waals surface area (Å²) >= 11 is 6.20. The molecule has 2 heterocycles. The topological polar surface area (TPSA) is 67.6 Å². The number of aryl methyl sites for hydroxylation is 2. The highest BCUT2D eigenvalue weighted by Crippen LogP contribution is 2.26. The Balaban J connectivity index is 2.19. The monoisotopic (exact) mass is 287 g/mol. The first kappa shape index (κ1) is 14.3. The Morgan fingerprint density at radius 1 is 1.63 bits per heavy atom. The van der Waals surface area contributed by atoms with Gasteiger partial charge in [-0.1, -0.05) is 11.6 Å². The van der Waals surface area contributed by atoms with E-state index in [0.29, 0.717) is 24.5 Å². The molecule has 0 bridgehead atoms. The van der Waals surface area contributed by atoms with Crippen molar-refractivity contribution in [2.75, 3.05) is 13.7 Å². The van der Waals surface area contributed by atoms with Gasteiger partial charge < -0.3 is 9.84 Å². The average molecular weight is 288 g/mol. The van der Waals surface area contributed by atoms with E-state index in [-0.39, 0.29) is 5.97 Å². The lowest BCUT2D eigenvalue weighted by molar-refractivity contribution is -0.146. The third-order valence-corrected chi connectivity index (χ3v) is 3.96. The molecule has 2 atom stereocenters. The quantitative estimate of drug-likeness (QED) is 0.820. The van der Waals surface area contributed by atoms with Gasteiger partial charge in [-0.3, -0.25) is 14.4 Å². The zero-order valence-corrected chi connectivity index (χ0v) is 12.0. The molecule has 1 fully saturated rings. The third kappa shape index (κ3) is 2.75. The predicted octanol–water partition coefficient (Wildman–Crippen LogP) is 0.490. The summed E-state index contributed by atoms with van der Waals surface area (Å²) in [6.07, 6.45) is -0.126. The van der Waals surface area contributed by atoms with Crippen LogP contribution in [0.15, 0.2) is 0 Å². The van der Waals surface area contributed by atoms with Gasteiger partial charge in [-0.15, -0.1) is 0 Å². The maximum Gasteiger partial charge on any atom is 0.323 e.